The molecule has 4 nitrogen and oxygen atoms in total. The molecule has 1 saturated heterocycles. The summed E-state index contributed by atoms with van der Waals surface area (Å²) in [5, 5.41) is 0. The van der Waals surface area contributed by atoms with Gasteiger partial charge in [-0.15, -0.1) is 0 Å². The van der Waals surface area contributed by atoms with Crippen molar-refractivity contribution in [2.45, 2.75) is 33.2 Å². The summed E-state index contributed by atoms with van der Waals surface area (Å²) in [4.78, 5) is 16.4. The molecule has 20 heavy (non-hydrogen) atoms. The van der Waals surface area contributed by atoms with Crippen LogP contribution >= 0.6 is 0 Å². The number of amides is 2. The zero-order valence-corrected chi connectivity index (χ0v) is 12.5. The number of nitrogens with two attached hydrogens (primary N) is 1. The lowest BCUT2D eigenvalue weighted by molar-refractivity contribution is 0.134. The number of urea groups is 1. The second-order valence-electron chi connectivity index (χ2n) is 5.71. The largest absolute Gasteiger partial charge is 0.399 e. The molecule has 0 aromatic heterocycles. The van der Waals surface area contributed by atoms with E-state index in [-0.39, 0.29) is 6.03 Å². The normalized spacial score (nSPS) is 16.2. The Balaban J connectivity index is 1.99. The van der Waals surface area contributed by atoms with E-state index in [1.54, 1.807) is 0 Å². The van der Waals surface area contributed by atoms with Gasteiger partial charge in [-0.1, -0.05) is 19.1 Å². The summed E-state index contributed by atoms with van der Waals surface area (Å²) in [6.07, 6.45) is 2.23. The summed E-state index contributed by atoms with van der Waals surface area (Å²) in [5.41, 5.74) is 7.63. The van der Waals surface area contributed by atoms with E-state index in [2.05, 4.69) is 6.92 Å². The van der Waals surface area contributed by atoms with Gasteiger partial charge in [0.1, 0.15) is 0 Å². The highest BCUT2D eigenvalue weighted by molar-refractivity contribution is 5.74. The molecule has 0 saturated carbocycles. The first-order valence-corrected chi connectivity index (χ1v) is 7.48. The number of carbonyl (C=O) groups excluding carboxylic acids is 1. The van der Waals surface area contributed by atoms with Gasteiger partial charge in [0, 0.05) is 31.9 Å². The van der Waals surface area contributed by atoms with Gasteiger partial charge in [-0.25, -0.2) is 4.79 Å². The van der Waals surface area contributed by atoms with Crippen LogP contribution in [0.15, 0.2) is 24.3 Å². The minimum Gasteiger partial charge on any atom is -0.399 e. The van der Waals surface area contributed by atoms with E-state index in [9.17, 15) is 4.79 Å². The van der Waals surface area contributed by atoms with E-state index in [1.807, 2.05) is 41.0 Å². The maximum absolute atomic E-state index is 12.5. The Labute approximate surface area is 121 Å². The van der Waals surface area contributed by atoms with Crippen LogP contribution in [0, 0.1) is 5.92 Å². The van der Waals surface area contributed by atoms with Gasteiger partial charge in [0.25, 0.3) is 0 Å². The van der Waals surface area contributed by atoms with Gasteiger partial charge in [0.15, 0.2) is 0 Å². The SMILES string of the molecule is CCN(Cc1cccc(N)c1)C(=O)N1CCC(C)CC1. The third-order valence-corrected chi connectivity index (χ3v) is 4.03. The molecule has 0 bridgehead atoms. The zero-order chi connectivity index (χ0) is 14.5. The summed E-state index contributed by atoms with van der Waals surface area (Å²) in [6, 6.07) is 7.92. The van der Waals surface area contributed by atoms with E-state index < -0.39 is 0 Å². The molecular weight excluding hydrogens is 250 g/mol. The maximum atomic E-state index is 12.5. The Hall–Kier alpha value is -1.71. The molecule has 1 aliphatic rings. The molecule has 1 fully saturated rings. The Morgan fingerprint density at radius 3 is 2.70 bits per heavy atom. The van der Waals surface area contributed by atoms with Crippen molar-refractivity contribution >= 4 is 11.7 Å². The lowest BCUT2D eigenvalue weighted by atomic mass is 9.99. The van der Waals surface area contributed by atoms with Crippen LogP contribution in [0.5, 0.6) is 0 Å². The molecule has 1 heterocycles. The van der Waals surface area contributed by atoms with Crippen molar-refractivity contribution in [3.05, 3.63) is 29.8 Å². The van der Waals surface area contributed by atoms with Gasteiger partial charge in [-0.3, -0.25) is 0 Å². The van der Waals surface area contributed by atoms with E-state index in [0.29, 0.717) is 6.54 Å². The van der Waals surface area contributed by atoms with Gasteiger partial charge in [0.2, 0.25) is 0 Å². The summed E-state index contributed by atoms with van der Waals surface area (Å²) in [6.45, 7) is 7.40. The van der Waals surface area contributed by atoms with E-state index in [1.165, 1.54) is 0 Å². The molecule has 1 aromatic rings. The first-order valence-electron chi connectivity index (χ1n) is 7.48. The summed E-state index contributed by atoms with van der Waals surface area (Å²) in [5.74, 6) is 0.739. The minimum atomic E-state index is 0.154. The molecule has 2 N–H and O–H groups in total. The molecule has 2 rings (SSSR count). The number of piperidine rings is 1. The summed E-state index contributed by atoms with van der Waals surface area (Å²) in [7, 11) is 0. The molecule has 110 valence electrons. The van der Waals surface area contributed by atoms with E-state index in [0.717, 1.165) is 49.6 Å². The van der Waals surface area contributed by atoms with Crippen LogP contribution in [0.3, 0.4) is 0 Å². The highest BCUT2D eigenvalue weighted by Gasteiger charge is 2.23. The Morgan fingerprint density at radius 2 is 2.10 bits per heavy atom. The summed E-state index contributed by atoms with van der Waals surface area (Å²) >= 11 is 0. The average Bonchev–Trinajstić information content (AvgIpc) is 2.45. The number of hydrogen-bond acceptors (Lipinski definition) is 2. The van der Waals surface area contributed by atoms with Crippen molar-refractivity contribution in [1.29, 1.82) is 0 Å². The first-order chi connectivity index (χ1) is 9.60. The van der Waals surface area contributed by atoms with Crippen molar-refractivity contribution in [2.75, 3.05) is 25.4 Å². The smallest absolute Gasteiger partial charge is 0.320 e. The Kier molecular flexibility index (Phi) is 4.88. The third-order valence-electron chi connectivity index (χ3n) is 4.03. The number of likely N-dealkylation sites (tertiary alicyclic amines) is 1. The fourth-order valence-electron chi connectivity index (χ4n) is 2.63. The predicted molar refractivity (Wildman–Crippen MR) is 82.3 cm³/mol. The van der Waals surface area contributed by atoms with Gasteiger partial charge in [-0.2, -0.15) is 0 Å². The second kappa shape index (κ2) is 6.64. The quantitative estimate of drug-likeness (QED) is 0.862. The molecule has 2 amide bonds. The van der Waals surface area contributed by atoms with Crippen molar-refractivity contribution in [1.82, 2.24) is 9.80 Å². The molecule has 0 atom stereocenters. The molecule has 1 aromatic carbocycles. The minimum absolute atomic E-state index is 0.154. The topological polar surface area (TPSA) is 49.6 Å². The highest BCUT2D eigenvalue weighted by atomic mass is 16.2. The Morgan fingerprint density at radius 1 is 1.40 bits per heavy atom. The van der Waals surface area contributed by atoms with Gasteiger partial charge < -0.3 is 15.5 Å². The fourth-order valence-corrected chi connectivity index (χ4v) is 2.63. The molecule has 0 spiro atoms. The van der Waals surface area contributed by atoms with Crippen molar-refractivity contribution < 1.29 is 4.79 Å². The van der Waals surface area contributed by atoms with Crippen LogP contribution in [-0.2, 0) is 6.54 Å². The molecule has 1 aliphatic heterocycles. The lowest BCUT2D eigenvalue weighted by Crippen LogP contribution is -2.46. The van der Waals surface area contributed by atoms with Crippen molar-refractivity contribution in [3.63, 3.8) is 0 Å². The number of rotatable bonds is 3. The average molecular weight is 275 g/mol. The van der Waals surface area contributed by atoms with Crippen molar-refractivity contribution in [3.8, 4) is 0 Å². The van der Waals surface area contributed by atoms with Crippen LogP contribution < -0.4 is 5.73 Å². The number of nitrogens with zero attached hydrogens (tertiary/aromatic N) is 2. The molecule has 0 radical (unpaired) electrons. The lowest BCUT2D eigenvalue weighted by Gasteiger charge is -2.34. The number of carbonyl (C=O) groups is 1. The summed E-state index contributed by atoms with van der Waals surface area (Å²) < 4.78 is 0. The molecular formula is C16H25N3O. The van der Waals surface area contributed by atoms with Gasteiger partial charge in [-0.05, 0) is 43.4 Å². The van der Waals surface area contributed by atoms with Gasteiger partial charge in [0.05, 0.1) is 0 Å². The van der Waals surface area contributed by atoms with Crippen LogP contribution in [0.4, 0.5) is 10.5 Å². The maximum Gasteiger partial charge on any atom is 0.320 e. The van der Waals surface area contributed by atoms with Gasteiger partial charge >= 0.3 is 6.03 Å². The third kappa shape index (κ3) is 3.65. The molecule has 0 aliphatic carbocycles. The van der Waals surface area contributed by atoms with E-state index in [4.69, 9.17) is 5.73 Å². The van der Waals surface area contributed by atoms with Crippen LogP contribution in [0.1, 0.15) is 32.3 Å². The predicted octanol–water partition coefficient (Wildman–Crippen LogP) is 2.94. The van der Waals surface area contributed by atoms with Crippen molar-refractivity contribution in [2.24, 2.45) is 5.92 Å². The van der Waals surface area contributed by atoms with Crippen LogP contribution in [0.25, 0.3) is 0 Å². The standard InChI is InChI=1S/C16H25N3O/c1-3-18(12-14-5-4-6-15(17)11-14)16(20)19-9-7-13(2)8-10-19/h4-6,11,13H,3,7-10,12,17H2,1-2H3. The fraction of sp³-hybridized carbons (Fsp3) is 0.562. The van der Waals surface area contributed by atoms with Crippen LogP contribution in [0.2, 0.25) is 0 Å². The number of benzene rings is 1. The highest BCUT2D eigenvalue weighted by Crippen LogP contribution is 2.18. The number of hydrogen-bond donors (Lipinski definition) is 1. The molecule has 4 heteroatoms. The second-order valence-corrected chi connectivity index (χ2v) is 5.71. The number of nitrogen functional groups attached to an aromatic ring is 1. The monoisotopic (exact) mass is 275 g/mol. The Bertz CT molecular complexity index is 453. The van der Waals surface area contributed by atoms with Crippen LogP contribution in [-0.4, -0.2) is 35.5 Å². The van der Waals surface area contributed by atoms with E-state index >= 15 is 0 Å². The molecule has 0 unspecified atom stereocenters. The first kappa shape index (κ1) is 14.7. The zero-order valence-electron chi connectivity index (χ0n) is 12.5. The number of anilines is 1.